The maximum absolute atomic E-state index is 12.9. The van der Waals surface area contributed by atoms with E-state index < -0.39 is 11.7 Å². The van der Waals surface area contributed by atoms with Crippen molar-refractivity contribution in [3.05, 3.63) is 40.9 Å². The molecule has 0 bridgehead atoms. The monoisotopic (exact) mass is 378 g/mol. The Kier molecular flexibility index (Phi) is 5.92. The standard InChI is InChI=1S/C16H18BrF3O2/c1-2-9-21-11-3-5-12(6-4-11)22-13-7-8-15(17)14(10-13)16(18,19)20/h2,7-8,10-12H,1,3-6,9H2. The summed E-state index contributed by atoms with van der Waals surface area (Å²) in [5.74, 6) is 0.256. The van der Waals surface area contributed by atoms with E-state index in [9.17, 15) is 13.2 Å². The van der Waals surface area contributed by atoms with Crippen molar-refractivity contribution < 1.29 is 22.6 Å². The fourth-order valence-corrected chi connectivity index (χ4v) is 2.98. The average molecular weight is 379 g/mol. The summed E-state index contributed by atoms with van der Waals surface area (Å²) in [6.45, 7) is 4.13. The topological polar surface area (TPSA) is 18.5 Å². The minimum atomic E-state index is -4.39. The summed E-state index contributed by atoms with van der Waals surface area (Å²) < 4.78 is 49.9. The molecule has 2 nitrogen and oxygen atoms in total. The minimum Gasteiger partial charge on any atom is -0.490 e. The summed E-state index contributed by atoms with van der Waals surface area (Å²) in [5, 5.41) is 0. The smallest absolute Gasteiger partial charge is 0.417 e. The first-order valence-electron chi connectivity index (χ1n) is 7.16. The van der Waals surface area contributed by atoms with Crippen molar-refractivity contribution in [2.45, 2.75) is 44.1 Å². The molecule has 0 aliphatic heterocycles. The molecule has 6 heteroatoms. The van der Waals surface area contributed by atoms with E-state index in [2.05, 4.69) is 22.5 Å². The molecule has 0 unspecified atom stereocenters. The van der Waals surface area contributed by atoms with E-state index in [4.69, 9.17) is 9.47 Å². The lowest BCUT2D eigenvalue weighted by molar-refractivity contribution is -0.138. The van der Waals surface area contributed by atoms with Crippen LogP contribution in [0.25, 0.3) is 0 Å². The van der Waals surface area contributed by atoms with E-state index in [1.807, 2.05) is 0 Å². The molecule has 2 rings (SSSR count). The molecule has 0 heterocycles. The Morgan fingerprint density at radius 2 is 1.82 bits per heavy atom. The predicted octanol–water partition coefficient (Wildman–Crippen LogP) is 5.36. The Balaban J connectivity index is 1.94. The molecule has 0 atom stereocenters. The molecule has 1 aliphatic carbocycles. The van der Waals surface area contributed by atoms with Crippen LogP contribution in [-0.4, -0.2) is 18.8 Å². The van der Waals surface area contributed by atoms with E-state index in [1.165, 1.54) is 6.07 Å². The Morgan fingerprint density at radius 3 is 2.41 bits per heavy atom. The van der Waals surface area contributed by atoms with Crippen molar-refractivity contribution in [3.63, 3.8) is 0 Å². The summed E-state index contributed by atoms with van der Waals surface area (Å²) in [7, 11) is 0. The van der Waals surface area contributed by atoms with E-state index in [-0.39, 0.29) is 22.4 Å². The lowest BCUT2D eigenvalue weighted by Crippen LogP contribution is -2.28. The molecule has 1 aliphatic rings. The van der Waals surface area contributed by atoms with E-state index >= 15 is 0 Å². The van der Waals surface area contributed by atoms with Crippen LogP contribution in [0.3, 0.4) is 0 Å². The van der Waals surface area contributed by atoms with Crippen LogP contribution in [-0.2, 0) is 10.9 Å². The van der Waals surface area contributed by atoms with Gasteiger partial charge in [-0.2, -0.15) is 13.2 Å². The molecule has 0 spiro atoms. The molecule has 0 N–H and O–H groups in total. The minimum absolute atomic E-state index is 0.0221. The summed E-state index contributed by atoms with van der Waals surface area (Å²) in [6, 6.07) is 3.97. The van der Waals surface area contributed by atoms with Crippen LogP contribution < -0.4 is 4.74 Å². The van der Waals surface area contributed by atoms with Crippen LogP contribution in [0.4, 0.5) is 13.2 Å². The van der Waals surface area contributed by atoms with Crippen LogP contribution >= 0.6 is 15.9 Å². The first kappa shape index (κ1) is 17.3. The van der Waals surface area contributed by atoms with Crippen molar-refractivity contribution in [2.24, 2.45) is 0 Å². The highest BCUT2D eigenvalue weighted by Gasteiger charge is 2.33. The fraction of sp³-hybridized carbons (Fsp3) is 0.500. The van der Waals surface area contributed by atoms with Crippen LogP contribution in [0, 0.1) is 0 Å². The number of rotatable bonds is 5. The largest absolute Gasteiger partial charge is 0.490 e. The van der Waals surface area contributed by atoms with Gasteiger partial charge < -0.3 is 9.47 Å². The van der Waals surface area contributed by atoms with E-state index in [1.54, 1.807) is 12.1 Å². The highest BCUT2D eigenvalue weighted by Crippen LogP contribution is 2.37. The molecule has 122 valence electrons. The second-order valence-electron chi connectivity index (χ2n) is 5.28. The molecule has 0 aromatic heterocycles. The van der Waals surface area contributed by atoms with Crippen molar-refractivity contribution >= 4 is 15.9 Å². The molecular weight excluding hydrogens is 361 g/mol. The normalized spacial score (nSPS) is 22.4. The Hall–Kier alpha value is -1.01. The van der Waals surface area contributed by atoms with Crippen molar-refractivity contribution in [1.82, 2.24) is 0 Å². The maximum Gasteiger partial charge on any atom is 0.417 e. The molecule has 0 amide bonds. The second kappa shape index (κ2) is 7.51. The number of halogens is 4. The van der Waals surface area contributed by atoms with Gasteiger partial charge in [-0.15, -0.1) is 6.58 Å². The third-order valence-corrected chi connectivity index (χ3v) is 4.31. The first-order valence-corrected chi connectivity index (χ1v) is 7.95. The third-order valence-electron chi connectivity index (χ3n) is 3.62. The third kappa shape index (κ3) is 4.74. The highest BCUT2D eigenvalue weighted by atomic mass is 79.9. The number of ether oxygens (including phenoxy) is 2. The van der Waals surface area contributed by atoms with E-state index in [0.29, 0.717) is 6.61 Å². The summed E-state index contributed by atoms with van der Waals surface area (Å²) in [4.78, 5) is 0. The van der Waals surface area contributed by atoms with Gasteiger partial charge >= 0.3 is 6.18 Å². The zero-order valence-electron chi connectivity index (χ0n) is 12.0. The number of benzene rings is 1. The Morgan fingerprint density at radius 1 is 1.18 bits per heavy atom. The van der Waals surface area contributed by atoms with Crippen molar-refractivity contribution in [1.29, 1.82) is 0 Å². The van der Waals surface area contributed by atoms with Gasteiger partial charge in [-0.3, -0.25) is 0 Å². The number of hydrogen-bond acceptors (Lipinski definition) is 2. The van der Waals surface area contributed by atoms with Crippen LogP contribution in [0.1, 0.15) is 31.2 Å². The molecule has 1 fully saturated rings. The molecule has 1 aromatic carbocycles. The summed E-state index contributed by atoms with van der Waals surface area (Å²) in [6.07, 6.45) is 0.692. The summed E-state index contributed by atoms with van der Waals surface area (Å²) in [5.41, 5.74) is -0.715. The van der Waals surface area contributed by atoms with Crippen molar-refractivity contribution in [3.8, 4) is 5.75 Å². The van der Waals surface area contributed by atoms with Gasteiger partial charge in [0.05, 0.1) is 24.4 Å². The highest BCUT2D eigenvalue weighted by molar-refractivity contribution is 9.10. The van der Waals surface area contributed by atoms with Gasteiger partial charge in [0.1, 0.15) is 5.75 Å². The van der Waals surface area contributed by atoms with Gasteiger partial charge in [-0.05, 0) is 43.9 Å². The zero-order chi connectivity index (χ0) is 16.2. The predicted molar refractivity (Wildman–Crippen MR) is 82.0 cm³/mol. The van der Waals surface area contributed by atoms with E-state index in [0.717, 1.165) is 31.7 Å². The molecule has 0 radical (unpaired) electrons. The van der Waals surface area contributed by atoms with Crippen molar-refractivity contribution in [2.75, 3.05) is 6.61 Å². The van der Waals surface area contributed by atoms with Gasteiger partial charge in [0, 0.05) is 4.47 Å². The zero-order valence-corrected chi connectivity index (χ0v) is 13.6. The molecular formula is C16H18BrF3O2. The Labute approximate surface area is 136 Å². The summed E-state index contributed by atoms with van der Waals surface area (Å²) >= 11 is 2.92. The molecule has 1 saturated carbocycles. The number of alkyl halides is 3. The molecule has 0 saturated heterocycles. The second-order valence-corrected chi connectivity index (χ2v) is 6.13. The van der Waals surface area contributed by atoms with Gasteiger partial charge in [-0.1, -0.05) is 22.0 Å². The molecule has 1 aromatic rings. The maximum atomic E-state index is 12.9. The Bertz CT molecular complexity index is 509. The average Bonchev–Trinajstić information content (AvgIpc) is 2.47. The quantitative estimate of drug-likeness (QED) is 0.642. The van der Waals surface area contributed by atoms with Gasteiger partial charge in [0.15, 0.2) is 0 Å². The SMILES string of the molecule is C=CCOC1CCC(Oc2ccc(Br)c(C(F)(F)F)c2)CC1. The molecule has 22 heavy (non-hydrogen) atoms. The van der Waals surface area contributed by atoms with Gasteiger partial charge in [-0.25, -0.2) is 0 Å². The first-order chi connectivity index (χ1) is 10.4. The lowest BCUT2D eigenvalue weighted by atomic mass is 9.95. The van der Waals surface area contributed by atoms with Crippen LogP contribution in [0.2, 0.25) is 0 Å². The lowest BCUT2D eigenvalue weighted by Gasteiger charge is -2.29. The number of hydrogen-bond donors (Lipinski definition) is 0. The van der Waals surface area contributed by atoms with Crippen LogP contribution in [0.15, 0.2) is 35.3 Å². The van der Waals surface area contributed by atoms with Crippen LogP contribution in [0.5, 0.6) is 5.75 Å². The fourth-order valence-electron chi connectivity index (χ4n) is 2.51. The van der Waals surface area contributed by atoms with Gasteiger partial charge in [0.25, 0.3) is 0 Å². The van der Waals surface area contributed by atoms with Gasteiger partial charge in [0.2, 0.25) is 0 Å².